The van der Waals surface area contributed by atoms with Gasteiger partial charge in [-0.05, 0) is 38.1 Å². The molecule has 0 aliphatic heterocycles. The zero-order valence-corrected chi connectivity index (χ0v) is 11.8. The largest absolute Gasteiger partial charge is 0.229 e. The van der Waals surface area contributed by atoms with Crippen LogP contribution in [-0.4, -0.2) is 15.2 Å². The van der Waals surface area contributed by atoms with Crippen molar-refractivity contribution in [3.05, 3.63) is 65.7 Å². The first-order chi connectivity index (χ1) is 10.1. The molecule has 0 saturated carbocycles. The Morgan fingerprint density at radius 1 is 0.714 bits per heavy atom. The third-order valence-corrected chi connectivity index (χ3v) is 3.24. The minimum Gasteiger partial charge on any atom is -0.229 e. The molecular formula is C17H14FN3. The van der Waals surface area contributed by atoms with Gasteiger partial charge >= 0.3 is 0 Å². The Morgan fingerprint density at radius 2 is 1.29 bits per heavy atom. The molecule has 0 aliphatic carbocycles. The quantitative estimate of drug-likeness (QED) is 0.712. The summed E-state index contributed by atoms with van der Waals surface area (Å²) in [6.07, 6.45) is 0. The van der Waals surface area contributed by atoms with E-state index in [1.54, 1.807) is 19.1 Å². The first-order valence-electron chi connectivity index (χ1n) is 6.68. The zero-order chi connectivity index (χ0) is 14.8. The van der Waals surface area contributed by atoms with E-state index in [1.807, 2.05) is 31.2 Å². The lowest BCUT2D eigenvalue weighted by atomic mass is 10.0. The van der Waals surface area contributed by atoms with Crippen LogP contribution in [0.3, 0.4) is 0 Å². The second-order valence-corrected chi connectivity index (χ2v) is 4.93. The Labute approximate surface area is 122 Å². The van der Waals surface area contributed by atoms with E-state index in [9.17, 15) is 4.39 Å². The second-order valence-electron chi connectivity index (χ2n) is 4.93. The maximum atomic E-state index is 13.1. The number of nitrogens with zero attached hydrogens (tertiary/aromatic N) is 3. The Hall–Kier alpha value is -2.62. The van der Waals surface area contributed by atoms with Crippen LogP contribution in [0.2, 0.25) is 0 Å². The van der Waals surface area contributed by atoms with Gasteiger partial charge in [0.2, 0.25) is 0 Å². The summed E-state index contributed by atoms with van der Waals surface area (Å²) in [6.45, 7) is 3.82. The Kier molecular flexibility index (Phi) is 3.44. The Morgan fingerprint density at radius 3 is 1.95 bits per heavy atom. The molecule has 3 aromatic rings. The van der Waals surface area contributed by atoms with Crippen molar-refractivity contribution in [2.45, 2.75) is 13.8 Å². The fourth-order valence-electron chi connectivity index (χ4n) is 2.12. The molecule has 2 aromatic carbocycles. The molecule has 3 rings (SSSR count). The molecule has 0 amide bonds. The second kappa shape index (κ2) is 5.40. The molecule has 0 unspecified atom stereocenters. The van der Waals surface area contributed by atoms with Crippen LogP contribution in [0.1, 0.15) is 11.4 Å². The van der Waals surface area contributed by atoms with E-state index in [4.69, 9.17) is 0 Å². The van der Waals surface area contributed by atoms with Gasteiger partial charge in [0, 0.05) is 11.1 Å². The molecule has 0 fully saturated rings. The molecule has 1 aromatic heterocycles. The maximum absolute atomic E-state index is 13.1. The Bertz CT molecular complexity index is 765. The summed E-state index contributed by atoms with van der Waals surface area (Å²) in [4.78, 5) is 4.48. The Balaban J connectivity index is 2.17. The van der Waals surface area contributed by atoms with Crippen molar-refractivity contribution in [3.63, 3.8) is 0 Å². The van der Waals surface area contributed by atoms with Gasteiger partial charge in [-0.3, -0.25) is 0 Å². The molecule has 1 heterocycles. The van der Waals surface area contributed by atoms with Crippen LogP contribution in [0.5, 0.6) is 0 Å². The number of aryl methyl sites for hydroxylation is 2. The van der Waals surface area contributed by atoms with E-state index in [1.165, 1.54) is 17.7 Å². The van der Waals surface area contributed by atoms with Gasteiger partial charge < -0.3 is 0 Å². The molecule has 104 valence electrons. The average Bonchev–Trinajstić information content (AvgIpc) is 2.49. The summed E-state index contributed by atoms with van der Waals surface area (Å²) >= 11 is 0. The smallest absolute Gasteiger partial charge is 0.148 e. The summed E-state index contributed by atoms with van der Waals surface area (Å²) in [5.41, 5.74) is 4.36. The molecular weight excluding hydrogens is 265 g/mol. The van der Waals surface area contributed by atoms with E-state index in [-0.39, 0.29) is 5.82 Å². The number of hydrogen-bond donors (Lipinski definition) is 0. The lowest BCUT2D eigenvalue weighted by Gasteiger charge is -2.08. The average molecular weight is 279 g/mol. The van der Waals surface area contributed by atoms with Gasteiger partial charge in [0.25, 0.3) is 0 Å². The van der Waals surface area contributed by atoms with Crippen molar-refractivity contribution in [1.29, 1.82) is 0 Å². The lowest BCUT2D eigenvalue weighted by Crippen LogP contribution is -1.99. The van der Waals surface area contributed by atoms with Crippen molar-refractivity contribution in [2.75, 3.05) is 0 Å². The van der Waals surface area contributed by atoms with Gasteiger partial charge in [-0.25, -0.2) is 9.37 Å². The monoisotopic (exact) mass is 279 g/mol. The van der Waals surface area contributed by atoms with Gasteiger partial charge in [-0.2, -0.15) is 0 Å². The third-order valence-electron chi connectivity index (χ3n) is 3.24. The highest BCUT2D eigenvalue weighted by atomic mass is 19.1. The van der Waals surface area contributed by atoms with Crippen LogP contribution in [0.15, 0.2) is 48.5 Å². The number of aromatic nitrogens is 3. The highest BCUT2D eigenvalue weighted by molar-refractivity contribution is 5.77. The van der Waals surface area contributed by atoms with Crippen LogP contribution in [-0.2, 0) is 0 Å². The van der Waals surface area contributed by atoms with Gasteiger partial charge in [-0.15, -0.1) is 10.2 Å². The predicted molar refractivity (Wildman–Crippen MR) is 80.1 cm³/mol. The molecule has 0 radical (unpaired) electrons. The van der Waals surface area contributed by atoms with Crippen molar-refractivity contribution in [1.82, 2.24) is 15.2 Å². The van der Waals surface area contributed by atoms with Crippen molar-refractivity contribution in [2.24, 2.45) is 0 Å². The van der Waals surface area contributed by atoms with E-state index < -0.39 is 0 Å². The van der Waals surface area contributed by atoms with Crippen LogP contribution in [0.25, 0.3) is 22.5 Å². The van der Waals surface area contributed by atoms with Crippen LogP contribution in [0, 0.1) is 19.7 Å². The van der Waals surface area contributed by atoms with Gasteiger partial charge in [0.05, 0.1) is 0 Å². The van der Waals surface area contributed by atoms with Gasteiger partial charge in [0.1, 0.15) is 23.0 Å². The van der Waals surface area contributed by atoms with Gasteiger partial charge in [-0.1, -0.05) is 29.8 Å². The van der Waals surface area contributed by atoms with Crippen molar-refractivity contribution < 1.29 is 4.39 Å². The summed E-state index contributed by atoms with van der Waals surface area (Å²) < 4.78 is 13.1. The van der Waals surface area contributed by atoms with E-state index in [0.717, 1.165) is 11.1 Å². The molecule has 0 spiro atoms. The zero-order valence-electron chi connectivity index (χ0n) is 11.8. The summed E-state index contributed by atoms with van der Waals surface area (Å²) in [7, 11) is 0. The highest BCUT2D eigenvalue weighted by Crippen LogP contribution is 2.28. The standard InChI is InChI=1S/C17H14FN3/c1-11-3-5-14(6-4-11)17-16(19-12(2)20-21-17)13-7-9-15(18)10-8-13/h3-10H,1-2H3. The fraction of sp³-hybridized carbons (Fsp3) is 0.118. The summed E-state index contributed by atoms with van der Waals surface area (Å²) in [6, 6.07) is 14.3. The first-order valence-corrected chi connectivity index (χ1v) is 6.68. The first kappa shape index (κ1) is 13.4. The normalized spacial score (nSPS) is 10.6. The van der Waals surface area contributed by atoms with E-state index in [2.05, 4.69) is 15.2 Å². The third kappa shape index (κ3) is 2.79. The number of rotatable bonds is 2. The van der Waals surface area contributed by atoms with Crippen molar-refractivity contribution >= 4 is 0 Å². The van der Waals surface area contributed by atoms with E-state index >= 15 is 0 Å². The summed E-state index contributed by atoms with van der Waals surface area (Å²) in [5.74, 6) is 0.319. The molecule has 3 nitrogen and oxygen atoms in total. The molecule has 0 atom stereocenters. The van der Waals surface area contributed by atoms with Crippen LogP contribution >= 0.6 is 0 Å². The van der Waals surface area contributed by atoms with Crippen LogP contribution < -0.4 is 0 Å². The van der Waals surface area contributed by atoms with Crippen LogP contribution in [0.4, 0.5) is 4.39 Å². The molecule has 0 N–H and O–H groups in total. The SMILES string of the molecule is Cc1ccc(-c2nnc(C)nc2-c2ccc(F)cc2)cc1. The minimum absolute atomic E-state index is 0.269. The number of hydrogen-bond acceptors (Lipinski definition) is 3. The lowest BCUT2D eigenvalue weighted by molar-refractivity contribution is 0.628. The topological polar surface area (TPSA) is 38.7 Å². The van der Waals surface area contributed by atoms with E-state index in [0.29, 0.717) is 17.2 Å². The predicted octanol–water partition coefficient (Wildman–Crippen LogP) is 3.96. The van der Waals surface area contributed by atoms with Crippen molar-refractivity contribution in [3.8, 4) is 22.5 Å². The molecule has 0 saturated heterocycles. The highest BCUT2D eigenvalue weighted by Gasteiger charge is 2.12. The number of benzene rings is 2. The minimum atomic E-state index is -0.269. The summed E-state index contributed by atoms with van der Waals surface area (Å²) in [5, 5.41) is 8.32. The number of halogens is 1. The molecule has 4 heteroatoms. The molecule has 0 bridgehead atoms. The maximum Gasteiger partial charge on any atom is 0.148 e. The molecule has 21 heavy (non-hydrogen) atoms. The molecule has 0 aliphatic rings. The fourth-order valence-corrected chi connectivity index (χ4v) is 2.12. The van der Waals surface area contributed by atoms with Gasteiger partial charge in [0.15, 0.2) is 0 Å².